The van der Waals surface area contributed by atoms with Crippen LogP contribution in [-0.2, 0) is 0 Å². The molecule has 0 aromatic heterocycles. The van der Waals surface area contributed by atoms with Gasteiger partial charge in [-0.15, -0.1) is 0 Å². The van der Waals surface area contributed by atoms with Crippen molar-refractivity contribution < 1.29 is 13.9 Å². The second-order valence-electron chi connectivity index (χ2n) is 5.58. The molecule has 0 saturated carbocycles. The lowest BCUT2D eigenvalue weighted by atomic mass is 10.1. The van der Waals surface area contributed by atoms with Crippen molar-refractivity contribution in [3.05, 3.63) is 58.3 Å². The van der Waals surface area contributed by atoms with Crippen molar-refractivity contribution in [1.82, 2.24) is 4.90 Å². The summed E-state index contributed by atoms with van der Waals surface area (Å²) >= 11 is 3.29. The number of piperazine rings is 1. The van der Waals surface area contributed by atoms with E-state index in [1.165, 1.54) is 12.1 Å². The molecule has 1 amide bonds. The van der Waals surface area contributed by atoms with Gasteiger partial charge in [0.2, 0.25) is 0 Å². The van der Waals surface area contributed by atoms with Crippen LogP contribution in [-0.4, -0.2) is 44.1 Å². The van der Waals surface area contributed by atoms with Gasteiger partial charge in [-0.05, 0) is 30.3 Å². The summed E-state index contributed by atoms with van der Waals surface area (Å²) in [6.45, 7) is 2.45. The van der Waals surface area contributed by atoms with Crippen LogP contribution < -0.4 is 9.64 Å². The highest BCUT2D eigenvalue weighted by Gasteiger charge is 2.25. The molecular formula is C18H18BrFN2O2. The van der Waals surface area contributed by atoms with E-state index in [9.17, 15) is 9.18 Å². The highest BCUT2D eigenvalue weighted by atomic mass is 79.9. The average Bonchev–Trinajstić information content (AvgIpc) is 2.63. The Labute approximate surface area is 149 Å². The number of carbonyl (C=O) groups excluding carboxylic acids is 1. The van der Waals surface area contributed by atoms with Gasteiger partial charge in [-0.2, -0.15) is 0 Å². The Kier molecular flexibility index (Phi) is 5.04. The van der Waals surface area contributed by atoms with Crippen LogP contribution in [0.4, 0.5) is 10.1 Å². The Morgan fingerprint density at radius 2 is 1.83 bits per heavy atom. The summed E-state index contributed by atoms with van der Waals surface area (Å²) in [5.41, 5.74) is 1.12. The minimum Gasteiger partial charge on any atom is -0.495 e. The summed E-state index contributed by atoms with van der Waals surface area (Å²) in [5.74, 6) is 0.0548. The van der Waals surface area contributed by atoms with Crippen LogP contribution in [0.5, 0.6) is 5.75 Å². The second kappa shape index (κ2) is 7.21. The Hall–Kier alpha value is -2.08. The van der Waals surface area contributed by atoms with Crippen LogP contribution in [0.15, 0.2) is 46.9 Å². The van der Waals surface area contributed by atoms with E-state index in [2.05, 4.69) is 20.8 Å². The van der Waals surface area contributed by atoms with Crippen LogP contribution >= 0.6 is 15.9 Å². The zero-order valence-electron chi connectivity index (χ0n) is 13.3. The number of ether oxygens (including phenoxy) is 1. The Bertz CT molecular complexity index is 746. The summed E-state index contributed by atoms with van der Waals surface area (Å²) in [4.78, 5) is 16.4. The van der Waals surface area contributed by atoms with E-state index in [0.717, 1.165) is 11.4 Å². The molecule has 0 aliphatic carbocycles. The summed E-state index contributed by atoms with van der Waals surface area (Å²) in [6, 6.07) is 12.2. The van der Waals surface area contributed by atoms with E-state index in [0.29, 0.717) is 30.7 Å². The number of hydrogen-bond acceptors (Lipinski definition) is 3. The number of halogens is 2. The Morgan fingerprint density at radius 3 is 2.54 bits per heavy atom. The molecule has 0 spiro atoms. The maximum atomic E-state index is 13.9. The minimum absolute atomic E-state index is 0.107. The first-order valence-corrected chi connectivity index (χ1v) is 8.51. The highest BCUT2D eigenvalue weighted by molar-refractivity contribution is 9.10. The van der Waals surface area contributed by atoms with Crippen molar-refractivity contribution in [2.75, 3.05) is 38.2 Å². The van der Waals surface area contributed by atoms with Crippen LogP contribution in [0.2, 0.25) is 0 Å². The normalized spacial score (nSPS) is 14.6. The zero-order chi connectivity index (χ0) is 17.1. The van der Waals surface area contributed by atoms with Gasteiger partial charge in [0.1, 0.15) is 11.6 Å². The molecular weight excluding hydrogens is 375 g/mol. The first kappa shape index (κ1) is 16.8. The molecule has 24 heavy (non-hydrogen) atoms. The molecule has 0 unspecified atom stereocenters. The predicted octanol–water partition coefficient (Wildman–Crippen LogP) is 3.56. The third-order valence-electron chi connectivity index (χ3n) is 4.15. The first-order chi connectivity index (χ1) is 11.6. The van der Waals surface area contributed by atoms with Gasteiger partial charge >= 0.3 is 0 Å². The summed E-state index contributed by atoms with van der Waals surface area (Å²) in [6.07, 6.45) is 0. The summed E-state index contributed by atoms with van der Waals surface area (Å²) < 4.78 is 20.0. The number of hydrogen-bond donors (Lipinski definition) is 0. The molecule has 1 fully saturated rings. The van der Waals surface area contributed by atoms with Crippen molar-refractivity contribution in [3.63, 3.8) is 0 Å². The lowest BCUT2D eigenvalue weighted by molar-refractivity contribution is 0.0742. The van der Waals surface area contributed by atoms with Gasteiger partial charge in [-0.3, -0.25) is 4.79 Å². The largest absolute Gasteiger partial charge is 0.495 e. The number of benzene rings is 2. The van der Waals surface area contributed by atoms with Gasteiger partial charge in [-0.1, -0.05) is 28.1 Å². The lowest BCUT2D eigenvalue weighted by Gasteiger charge is -2.36. The first-order valence-electron chi connectivity index (χ1n) is 7.72. The molecule has 0 atom stereocenters. The van der Waals surface area contributed by atoms with Crippen LogP contribution in [0.3, 0.4) is 0 Å². The van der Waals surface area contributed by atoms with Crippen molar-refractivity contribution >= 4 is 27.5 Å². The second-order valence-corrected chi connectivity index (χ2v) is 6.49. The highest BCUT2D eigenvalue weighted by Crippen LogP contribution is 2.28. The number of nitrogens with zero attached hydrogens (tertiary/aromatic N) is 2. The summed E-state index contributed by atoms with van der Waals surface area (Å²) in [5, 5.41) is 0. The number of para-hydroxylation sites is 2. The number of rotatable bonds is 3. The van der Waals surface area contributed by atoms with E-state index in [1.54, 1.807) is 18.1 Å². The van der Waals surface area contributed by atoms with Gasteiger partial charge in [0.25, 0.3) is 5.91 Å². The molecule has 3 rings (SSSR count). The van der Waals surface area contributed by atoms with E-state index in [1.807, 2.05) is 24.3 Å². The molecule has 1 heterocycles. The van der Waals surface area contributed by atoms with Gasteiger partial charge < -0.3 is 14.5 Å². The van der Waals surface area contributed by atoms with Gasteiger partial charge in [0, 0.05) is 30.7 Å². The fourth-order valence-corrected chi connectivity index (χ4v) is 3.23. The Morgan fingerprint density at radius 1 is 1.12 bits per heavy atom. The molecule has 0 radical (unpaired) electrons. The average molecular weight is 393 g/mol. The van der Waals surface area contributed by atoms with Crippen molar-refractivity contribution in [2.24, 2.45) is 0 Å². The Balaban J connectivity index is 1.71. The molecule has 2 aromatic carbocycles. The molecule has 4 nitrogen and oxygen atoms in total. The molecule has 2 aromatic rings. The van der Waals surface area contributed by atoms with Gasteiger partial charge in [-0.25, -0.2) is 4.39 Å². The van der Waals surface area contributed by atoms with E-state index >= 15 is 0 Å². The van der Waals surface area contributed by atoms with Crippen molar-refractivity contribution in [3.8, 4) is 5.75 Å². The summed E-state index contributed by atoms with van der Waals surface area (Å²) in [7, 11) is 1.65. The molecule has 1 aliphatic rings. The molecule has 1 aliphatic heterocycles. The molecule has 6 heteroatoms. The fraction of sp³-hybridized carbons (Fsp3) is 0.278. The standard InChI is InChI=1S/C18H18BrFN2O2/c1-24-17-5-3-2-4-16(17)21-8-10-22(11-9-21)18(23)14-12-13(19)6-7-15(14)20/h2-7,12H,8-11H2,1H3. The third-order valence-corrected chi connectivity index (χ3v) is 4.64. The maximum absolute atomic E-state index is 13.9. The van der Waals surface area contributed by atoms with E-state index in [4.69, 9.17) is 4.74 Å². The molecule has 1 saturated heterocycles. The molecule has 126 valence electrons. The number of amides is 1. The molecule has 0 bridgehead atoms. The predicted molar refractivity (Wildman–Crippen MR) is 95.2 cm³/mol. The number of methoxy groups -OCH3 is 1. The van der Waals surface area contributed by atoms with Gasteiger partial charge in [0.05, 0.1) is 18.4 Å². The van der Waals surface area contributed by atoms with Crippen molar-refractivity contribution in [1.29, 1.82) is 0 Å². The van der Waals surface area contributed by atoms with Crippen molar-refractivity contribution in [2.45, 2.75) is 0 Å². The van der Waals surface area contributed by atoms with Crippen LogP contribution in [0, 0.1) is 5.82 Å². The smallest absolute Gasteiger partial charge is 0.256 e. The zero-order valence-corrected chi connectivity index (χ0v) is 14.9. The monoisotopic (exact) mass is 392 g/mol. The van der Waals surface area contributed by atoms with Crippen LogP contribution in [0.25, 0.3) is 0 Å². The third kappa shape index (κ3) is 3.38. The molecule has 0 N–H and O–H groups in total. The lowest BCUT2D eigenvalue weighted by Crippen LogP contribution is -2.49. The minimum atomic E-state index is -0.490. The quantitative estimate of drug-likeness (QED) is 0.800. The fourth-order valence-electron chi connectivity index (χ4n) is 2.87. The maximum Gasteiger partial charge on any atom is 0.256 e. The SMILES string of the molecule is COc1ccccc1N1CCN(C(=O)c2cc(Br)ccc2F)CC1. The number of anilines is 1. The van der Waals surface area contributed by atoms with Gasteiger partial charge in [0.15, 0.2) is 0 Å². The van der Waals surface area contributed by atoms with E-state index < -0.39 is 5.82 Å². The number of carbonyl (C=O) groups is 1. The topological polar surface area (TPSA) is 32.8 Å². The van der Waals surface area contributed by atoms with Crippen LogP contribution in [0.1, 0.15) is 10.4 Å². The van der Waals surface area contributed by atoms with E-state index in [-0.39, 0.29) is 11.5 Å².